The van der Waals surface area contributed by atoms with Crippen molar-refractivity contribution >= 4 is 12.2 Å². The average Bonchev–Trinajstić information content (AvgIpc) is 2.67. The molecule has 2 rings (SSSR count). The summed E-state index contributed by atoms with van der Waals surface area (Å²) in [5.41, 5.74) is 0. The van der Waals surface area contributed by atoms with Gasteiger partial charge in [0.2, 0.25) is 0 Å². The molecule has 86 valence electrons. The second-order valence-electron chi connectivity index (χ2n) is 3.04. The van der Waals surface area contributed by atoms with E-state index >= 15 is 0 Å². The van der Waals surface area contributed by atoms with Gasteiger partial charge in [0, 0.05) is 0 Å². The molecule has 0 fully saturated rings. The van der Waals surface area contributed by atoms with Crippen molar-refractivity contribution in [1.82, 2.24) is 9.88 Å². The monoisotopic (exact) mass is 234 g/mol. The van der Waals surface area contributed by atoms with Crippen molar-refractivity contribution in [2.45, 2.75) is 6.30 Å². The van der Waals surface area contributed by atoms with Crippen LogP contribution in [0.2, 0.25) is 0 Å². The number of anilines is 1. The molecule has 0 bridgehead atoms. The van der Waals surface area contributed by atoms with E-state index in [2.05, 4.69) is 10.1 Å². The van der Waals surface area contributed by atoms with Gasteiger partial charge in [0.1, 0.15) is 18.8 Å². The Kier molecular flexibility index (Phi) is 2.41. The van der Waals surface area contributed by atoms with Crippen LogP contribution in [0.5, 0.6) is 0 Å². The number of hydrogen-bond donors (Lipinski definition) is 0. The first-order valence-electron chi connectivity index (χ1n) is 4.23. The maximum absolute atomic E-state index is 12.5. The highest BCUT2D eigenvalue weighted by molar-refractivity contribution is 5.62. The second-order valence-corrected chi connectivity index (χ2v) is 3.04. The van der Waals surface area contributed by atoms with Crippen molar-refractivity contribution in [2.24, 2.45) is 5.10 Å². The highest BCUT2D eigenvalue weighted by Gasteiger charge is 2.39. The van der Waals surface area contributed by atoms with Crippen LogP contribution in [0.1, 0.15) is 0 Å². The summed E-state index contributed by atoms with van der Waals surface area (Å²) >= 11 is 0. The zero-order valence-corrected chi connectivity index (χ0v) is 7.82. The molecule has 0 saturated carbocycles. The molecule has 4 nitrogen and oxygen atoms in total. The van der Waals surface area contributed by atoms with Crippen LogP contribution < -0.4 is 5.01 Å². The number of rotatable bonds is 1. The van der Waals surface area contributed by atoms with Gasteiger partial charge in [-0.15, -0.1) is 13.2 Å². The largest absolute Gasteiger partial charge is 0.487 e. The van der Waals surface area contributed by atoms with Gasteiger partial charge in [0.25, 0.3) is 0 Å². The van der Waals surface area contributed by atoms with E-state index in [0.29, 0.717) is 6.34 Å². The summed E-state index contributed by atoms with van der Waals surface area (Å²) in [4.78, 5) is 3.72. The number of pyridine rings is 1. The fourth-order valence-electron chi connectivity index (χ4n) is 1.14. The van der Waals surface area contributed by atoms with Gasteiger partial charge in [-0.2, -0.15) is 5.10 Å². The van der Waals surface area contributed by atoms with Crippen LogP contribution in [0.15, 0.2) is 23.4 Å². The van der Waals surface area contributed by atoms with Crippen LogP contribution in [0, 0.1) is 5.82 Å². The Hall–Kier alpha value is -1.86. The van der Waals surface area contributed by atoms with Gasteiger partial charge in [-0.1, -0.05) is 0 Å². The molecular formula is C8H6F4N4. The van der Waals surface area contributed by atoms with E-state index in [4.69, 9.17) is 0 Å². The SMILES string of the molecule is Fc1ccc(N2CN(C(F)(F)F)C=N2)nc1. The zero-order valence-electron chi connectivity index (χ0n) is 7.82. The second kappa shape index (κ2) is 3.62. The molecule has 0 saturated heterocycles. The van der Waals surface area contributed by atoms with Crippen LogP contribution in [-0.4, -0.2) is 29.2 Å². The number of aromatic nitrogens is 1. The van der Waals surface area contributed by atoms with Crippen molar-refractivity contribution in [2.75, 3.05) is 11.7 Å². The third kappa shape index (κ3) is 2.05. The molecule has 0 amide bonds. The number of alkyl halides is 3. The van der Waals surface area contributed by atoms with E-state index in [1.807, 2.05) is 0 Å². The predicted molar refractivity (Wildman–Crippen MR) is 47.9 cm³/mol. The lowest BCUT2D eigenvalue weighted by molar-refractivity contribution is -0.213. The quantitative estimate of drug-likeness (QED) is 0.548. The first kappa shape index (κ1) is 10.7. The summed E-state index contributed by atoms with van der Waals surface area (Å²) in [6.45, 7) is -0.484. The van der Waals surface area contributed by atoms with E-state index in [1.54, 1.807) is 0 Å². The Morgan fingerprint density at radius 2 is 2.00 bits per heavy atom. The van der Waals surface area contributed by atoms with Gasteiger partial charge in [-0.25, -0.2) is 14.4 Å². The lowest BCUT2D eigenvalue weighted by Gasteiger charge is -2.20. The molecule has 8 heteroatoms. The van der Waals surface area contributed by atoms with Crippen LogP contribution in [-0.2, 0) is 0 Å². The predicted octanol–water partition coefficient (Wildman–Crippen LogP) is 1.76. The standard InChI is InChI=1S/C8H6F4N4/c9-6-1-2-7(13-3-6)16-5-15(4-14-16)8(10,11)12/h1-4H,5H2. The number of halogens is 4. The molecule has 1 aliphatic rings. The Balaban J connectivity index is 2.10. The first-order valence-corrected chi connectivity index (χ1v) is 4.23. The van der Waals surface area contributed by atoms with Gasteiger partial charge < -0.3 is 0 Å². The molecule has 0 aromatic carbocycles. The van der Waals surface area contributed by atoms with Crippen molar-refractivity contribution in [3.63, 3.8) is 0 Å². The summed E-state index contributed by atoms with van der Waals surface area (Å²) in [5, 5.41) is 4.53. The minimum atomic E-state index is -4.47. The van der Waals surface area contributed by atoms with Gasteiger partial charge in [-0.3, -0.25) is 4.90 Å². The molecule has 1 aromatic heterocycles. The van der Waals surface area contributed by atoms with Crippen molar-refractivity contribution in [3.8, 4) is 0 Å². The Morgan fingerprint density at radius 1 is 1.25 bits per heavy atom. The molecular weight excluding hydrogens is 228 g/mol. The molecule has 1 aromatic rings. The summed E-state index contributed by atoms with van der Waals surface area (Å²) in [5.74, 6) is -0.399. The van der Waals surface area contributed by atoms with Crippen molar-refractivity contribution in [3.05, 3.63) is 24.1 Å². The topological polar surface area (TPSA) is 31.7 Å². The van der Waals surface area contributed by atoms with Crippen LogP contribution >= 0.6 is 0 Å². The molecule has 0 spiro atoms. The van der Waals surface area contributed by atoms with Crippen LogP contribution in [0.3, 0.4) is 0 Å². The molecule has 16 heavy (non-hydrogen) atoms. The third-order valence-corrected chi connectivity index (χ3v) is 1.92. The lowest BCUT2D eigenvalue weighted by atomic mass is 10.4. The number of hydrogen-bond acceptors (Lipinski definition) is 4. The van der Waals surface area contributed by atoms with E-state index < -0.39 is 18.8 Å². The van der Waals surface area contributed by atoms with Gasteiger partial charge in [0.05, 0.1) is 6.20 Å². The molecule has 1 aliphatic heterocycles. The zero-order chi connectivity index (χ0) is 11.8. The average molecular weight is 234 g/mol. The maximum atomic E-state index is 12.5. The summed E-state index contributed by atoms with van der Waals surface area (Å²) in [6, 6.07) is 2.36. The minimum absolute atomic E-state index is 0.0953. The van der Waals surface area contributed by atoms with Crippen LogP contribution in [0.25, 0.3) is 0 Å². The summed E-state index contributed by atoms with van der Waals surface area (Å²) in [6.07, 6.45) is -2.90. The minimum Gasteiger partial charge on any atom is -0.253 e. The molecule has 0 atom stereocenters. The van der Waals surface area contributed by atoms with E-state index in [9.17, 15) is 17.6 Å². The van der Waals surface area contributed by atoms with Gasteiger partial charge >= 0.3 is 6.30 Å². The Bertz CT molecular complexity index is 399. The highest BCUT2D eigenvalue weighted by atomic mass is 19.4. The van der Waals surface area contributed by atoms with Gasteiger partial charge in [-0.05, 0) is 12.1 Å². The molecule has 0 radical (unpaired) electrons. The molecule has 0 unspecified atom stereocenters. The maximum Gasteiger partial charge on any atom is 0.487 e. The normalized spacial score (nSPS) is 16.0. The molecule has 0 N–H and O–H groups in total. The first-order chi connectivity index (χ1) is 7.47. The summed E-state index contributed by atoms with van der Waals surface area (Å²) < 4.78 is 49.3. The Labute approximate surface area is 87.8 Å². The fraction of sp³-hybridized carbons (Fsp3) is 0.250. The lowest BCUT2D eigenvalue weighted by Crippen LogP contribution is -2.38. The van der Waals surface area contributed by atoms with Gasteiger partial charge in [0.15, 0.2) is 5.82 Å². The summed E-state index contributed by atoms with van der Waals surface area (Å²) in [7, 11) is 0. The highest BCUT2D eigenvalue weighted by Crippen LogP contribution is 2.24. The van der Waals surface area contributed by atoms with E-state index in [-0.39, 0.29) is 10.7 Å². The van der Waals surface area contributed by atoms with E-state index in [0.717, 1.165) is 17.3 Å². The fourth-order valence-corrected chi connectivity index (χ4v) is 1.14. The molecule has 0 aliphatic carbocycles. The van der Waals surface area contributed by atoms with Crippen LogP contribution in [0.4, 0.5) is 23.4 Å². The third-order valence-electron chi connectivity index (χ3n) is 1.92. The number of hydrazone groups is 1. The molecule has 2 heterocycles. The van der Waals surface area contributed by atoms with Crippen molar-refractivity contribution in [1.29, 1.82) is 0 Å². The smallest absolute Gasteiger partial charge is 0.253 e. The van der Waals surface area contributed by atoms with Crippen molar-refractivity contribution < 1.29 is 17.6 Å². The Morgan fingerprint density at radius 3 is 2.50 bits per heavy atom. The number of nitrogens with zero attached hydrogens (tertiary/aromatic N) is 4. The van der Waals surface area contributed by atoms with E-state index in [1.165, 1.54) is 6.07 Å².